The molecule has 1 aliphatic heterocycles. The summed E-state index contributed by atoms with van der Waals surface area (Å²) in [4.78, 5) is 14.2. The molecule has 2 fully saturated rings. The average molecular weight is 332 g/mol. The number of benzene rings is 1. The molecule has 1 aliphatic carbocycles. The van der Waals surface area contributed by atoms with Crippen LogP contribution in [-0.2, 0) is 11.3 Å². The number of likely N-dealkylation sites (tertiary alicyclic amines) is 1. The van der Waals surface area contributed by atoms with Crippen molar-refractivity contribution in [2.24, 2.45) is 5.92 Å². The van der Waals surface area contributed by atoms with Crippen molar-refractivity contribution in [2.75, 3.05) is 19.7 Å². The maximum atomic E-state index is 12.4. The first-order valence-corrected chi connectivity index (χ1v) is 9.09. The third-order valence-electron chi connectivity index (χ3n) is 4.96. The molecule has 0 aromatic heterocycles. The molecule has 1 aromatic rings. The molecular weight excluding hydrogens is 304 g/mol. The minimum absolute atomic E-state index is 0.194. The van der Waals surface area contributed by atoms with Crippen LogP contribution in [0.4, 0.5) is 4.79 Å². The van der Waals surface area contributed by atoms with Crippen molar-refractivity contribution in [3.05, 3.63) is 35.9 Å². The van der Waals surface area contributed by atoms with Crippen molar-refractivity contribution in [3.63, 3.8) is 0 Å². The summed E-state index contributed by atoms with van der Waals surface area (Å²) in [6.45, 7) is 2.00. The van der Waals surface area contributed by atoms with Crippen LogP contribution in [0.5, 0.6) is 0 Å². The number of hydrogen-bond donors (Lipinski definition) is 2. The van der Waals surface area contributed by atoms with E-state index in [1.54, 1.807) is 0 Å². The maximum absolute atomic E-state index is 12.4. The molecule has 0 bridgehead atoms. The Morgan fingerprint density at radius 1 is 1.29 bits per heavy atom. The highest BCUT2D eigenvalue weighted by Crippen LogP contribution is 2.26. The number of hydrogen-bond acceptors (Lipinski definition) is 4. The summed E-state index contributed by atoms with van der Waals surface area (Å²) in [5.41, 5.74) is 1.01. The van der Waals surface area contributed by atoms with Crippen molar-refractivity contribution in [2.45, 2.75) is 50.8 Å². The molecule has 1 aromatic carbocycles. The van der Waals surface area contributed by atoms with Crippen LogP contribution in [0, 0.1) is 5.92 Å². The Morgan fingerprint density at radius 3 is 2.79 bits per heavy atom. The number of rotatable bonds is 7. The van der Waals surface area contributed by atoms with Crippen LogP contribution < -0.4 is 5.32 Å². The summed E-state index contributed by atoms with van der Waals surface area (Å²) in [5.74, 6) is 0.399. The van der Waals surface area contributed by atoms with Crippen molar-refractivity contribution in [1.82, 2.24) is 10.2 Å². The Balaban J connectivity index is 1.50. The predicted molar refractivity (Wildman–Crippen MR) is 92.6 cm³/mol. The normalized spacial score (nSPS) is 22.2. The van der Waals surface area contributed by atoms with Gasteiger partial charge in [-0.15, -0.1) is 0 Å². The zero-order valence-corrected chi connectivity index (χ0v) is 14.2. The molecule has 1 saturated heterocycles. The van der Waals surface area contributed by atoms with Crippen molar-refractivity contribution >= 4 is 6.09 Å². The van der Waals surface area contributed by atoms with E-state index in [4.69, 9.17) is 4.74 Å². The van der Waals surface area contributed by atoms with Gasteiger partial charge in [0.25, 0.3) is 0 Å². The van der Waals surface area contributed by atoms with Crippen molar-refractivity contribution in [3.8, 4) is 0 Å². The minimum Gasteiger partial charge on any atom is -0.445 e. The summed E-state index contributed by atoms with van der Waals surface area (Å²) in [5, 5.41) is 13.0. The van der Waals surface area contributed by atoms with Gasteiger partial charge in [-0.25, -0.2) is 4.79 Å². The van der Waals surface area contributed by atoms with Crippen molar-refractivity contribution in [1.29, 1.82) is 0 Å². The number of aliphatic hydroxyl groups is 1. The molecule has 132 valence electrons. The Morgan fingerprint density at radius 2 is 2.08 bits per heavy atom. The SMILES string of the molecule is O=C(OCc1ccccc1)N1CCC[C@@H]([C@@H](CCO)NC2CC2)C1. The van der Waals surface area contributed by atoms with E-state index in [1.807, 2.05) is 35.2 Å². The standard InChI is InChI=1S/C19H28N2O3/c22-12-10-18(20-17-8-9-17)16-7-4-11-21(13-16)19(23)24-14-15-5-2-1-3-6-15/h1-3,5-6,16-18,20,22H,4,7-14H2/t16-,18-/m1/s1. The van der Waals surface area contributed by atoms with E-state index in [2.05, 4.69) is 5.32 Å². The highest BCUT2D eigenvalue weighted by molar-refractivity contribution is 5.67. The van der Waals surface area contributed by atoms with Gasteiger partial charge >= 0.3 is 6.09 Å². The second-order valence-electron chi connectivity index (χ2n) is 6.95. The molecule has 2 N–H and O–H groups in total. The Labute approximate surface area is 144 Å². The summed E-state index contributed by atoms with van der Waals surface area (Å²) in [7, 11) is 0. The molecular formula is C19H28N2O3. The van der Waals surface area contributed by atoms with Gasteiger partial charge in [0.2, 0.25) is 0 Å². The monoisotopic (exact) mass is 332 g/mol. The minimum atomic E-state index is -0.224. The van der Waals surface area contributed by atoms with E-state index in [-0.39, 0.29) is 12.7 Å². The lowest BCUT2D eigenvalue weighted by Crippen LogP contribution is -2.48. The van der Waals surface area contributed by atoms with Crippen LogP contribution in [-0.4, -0.2) is 47.9 Å². The quantitative estimate of drug-likeness (QED) is 0.805. The Hall–Kier alpha value is -1.59. The van der Waals surface area contributed by atoms with E-state index in [9.17, 15) is 9.90 Å². The molecule has 1 amide bonds. The second-order valence-corrected chi connectivity index (χ2v) is 6.95. The Kier molecular flexibility index (Phi) is 6.10. The van der Waals surface area contributed by atoms with Crippen LogP contribution >= 0.6 is 0 Å². The molecule has 3 rings (SSSR count). The first-order chi connectivity index (χ1) is 11.8. The van der Waals surface area contributed by atoms with Gasteiger partial charge in [-0.3, -0.25) is 0 Å². The molecule has 1 heterocycles. The van der Waals surface area contributed by atoms with Crippen LogP contribution in [0.3, 0.4) is 0 Å². The molecule has 5 heteroatoms. The molecule has 0 spiro atoms. The number of aliphatic hydroxyl groups excluding tert-OH is 1. The lowest BCUT2D eigenvalue weighted by molar-refractivity contribution is 0.0711. The highest BCUT2D eigenvalue weighted by Gasteiger charge is 2.33. The first kappa shape index (κ1) is 17.2. The number of piperidine rings is 1. The zero-order chi connectivity index (χ0) is 16.8. The van der Waals surface area contributed by atoms with Crippen molar-refractivity contribution < 1.29 is 14.6 Å². The third-order valence-corrected chi connectivity index (χ3v) is 4.96. The van der Waals surface area contributed by atoms with Gasteiger partial charge in [0.05, 0.1) is 0 Å². The van der Waals surface area contributed by atoms with E-state index >= 15 is 0 Å². The number of carbonyl (C=O) groups excluding carboxylic acids is 1. The third kappa shape index (κ3) is 4.95. The number of ether oxygens (including phenoxy) is 1. The first-order valence-electron chi connectivity index (χ1n) is 9.09. The maximum Gasteiger partial charge on any atom is 0.410 e. The largest absolute Gasteiger partial charge is 0.445 e. The van der Waals surface area contributed by atoms with Crippen LogP contribution in [0.2, 0.25) is 0 Å². The van der Waals surface area contributed by atoms with E-state index in [0.717, 1.165) is 37.9 Å². The second kappa shape index (κ2) is 8.49. The molecule has 24 heavy (non-hydrogen) atoms. The van der Waals surface area contributed by atoms with Gasteiger partial charge in [0, 0.05) is 31.8 Å². The lowest BCUT2D eigenvalue weighted by atomic mass is 9.89. The van der Waals surface area contributed by atoms with E-state index < -0.39 is 0 Å². The van der Waals surface area contributed by atoms with Crippen LogP contribution in [0.1, 0.15) is 37.7 Å². The Bertz CT molecular complexity index is 519. The van der Waals surface area contributed by atoms with Gasteiger partial charge in [0.1, 0.15) is 6.61 Å². The number of amides is 1. The topological polar surface area (TPSA) is 61.8 Å². The van der Waals surface area contributed by atoms with Gasteiger partial charge in [0.15, 0.2) is 0 Å². The summed E-state index contributed by atoms with van der Waals surface area (Å²) >= 11 is 0. The highest BCUT2D eigenvalue weighted by atomic mass is 16.6. The number of nitrogens with zero attached hydrogens (tertiary/aromatic N) is 1. The molecule has 2 atom stereocenters. The smallest absolute Gasteiger partial charge is 0.410 e. The summed E-state index contributed by atoms with van der Waals surface area (Å²) in [6, 6.07) is 10.7. The zero-order valence-electron chi connectivity index (χ0n) is 14.2. The van der Waals surface area contributed by atoms with Crippen LogP contribution in [0.15, 0.2) is 30.3 Å². The molecule has 0 radical (unpaired) electrons. The molecule has 0 unspecified atom stereocenters. The summed E-state index contributed by atoms with van der Waals surface area (Å²) < 4.78 is 5.47. The van der Waals surface area contributed by atoms with E-state index in [0.29, 0.717) is 24.6 Å². The van der Waals surface area contributed by atoms with Gasteiger partial charge in [-0.1, -0.05) is 30.3 Å². The summed E-state index contributed by atoms with van der Waals surface area (Å²) in [6.07, 6.45) is 5.10. The fraction of sp³-hybridized carbons (Fsp3) is 0.632. The van der Waals surface area contributed by atoms with Gasteiger partial charge in [-0.2, -0.15) is 0 Å². The molecule has 2 aliphatic rings. The molecule has 1 saturated carbocycles. The van der Waals surface area contributed by atoms with Gasteiger partial charge < -0.3 is 20.1 Å². The fourth-order valence-corrected chi connectivity index (χ4v) is 3.46. The van der Waals surface area contributed by atoms with Crippen LogP contribution in [0.25, 0.3) is 0 Å². The fourth-order valence-electron chi connectivity index (χ4n) is 3.46. The predicted octanol–water partition coefficient (Wildman–Crippen LogP) is 2.54. The van der Waals surface area contributed by atoms with Gasteiger partial charge in [-0.05, 0) is 43.6 Å². The average Bonchev–Trinajstić information content (AvgIpc) is 3.44. The lowest BCUT2D eigenvalue weighted by Gasteiger charge is -2.36. The number of nitrogens with one attached hydrogen (secondary N) is 1. The molecule has 5 nitrogen and oxygen atoms in total. The number of carbonyl (C=O) groups is 1. The van der Waals surface area contributed by atoms with E-state index in [1.165, 1.54) is 12.8 Å².